The number of nitrogens with zero attached hydrogens (tertiary/aromatic N) is 3. The van der Waals surface area contributed by atoms with Gasteiger partial charge < -0.3 is 15.1 Å². The van der Waals surface area contributed by atoms with Crippen molar-refractivity contribution in [1.29, 1.82) is 0 Å². The average molecular weight is 447 g/mol. The van der Waals surface area contributed by atoms with Crippen LogP contribution < -0.4 is 10.2 Å². The number of hydrogen-bond acceptors (Lipinski definition) is 5. The van der Waals surface area contributed by atoms with E-state index in [1.165, 1.54) is 10.6 Å². The van der Waals surface area contributed by atoms with Gasteiger partial charge in [-0.05, 0) is 67.8 Å². The highest BCUT2D eigenvalue weighted by Gasteiger charge is 2.38. The number of piperazine rings is 1. The summed E-state index contributed by atoms with van der Waals surface area (Å²) in [6.07, 6.45) is 0.727. The summed E-state index contributed by atoms with van der Waals surface area (Å²) in [7, 11) is 0. The van der Waals surface area contributed by atoms with Crippen LogP contribution in [0.2, 0.25) is 0 Å². The van der Waals surface area contributed by atoms with Gasteiger partial charge in [-0.15, -0.1) is 0 Å². The van der Waals surface area contributed by atoms with E-state index in [-0.39, 0.29) is 11.8 Å². The maximum atomic E-state index is 13.2. The number of carbonyl (C=O) groups is 2. The van der Waals surface area contributed by atoms with Crippen LogP contribution in [-0.2, 0) is 9.59 Å². The summed E-state index contributed by atoms with van der Waals surface area (Å²) < 4.78 is 0. The molecule has 1 saturated heterocycles. The molecule has 0 aliphatic carbocycles. The summed E-state index contributed by atoms with van der Waals surface area (Å²) >= 11 is 0. The topological polar surface area (TPSA) is 55.9 Å². The van der Waals surface area contributed by atoms with Gasteiger partial charge in [0.2, 0.25) is 0 Å². The maximum Gasteiger partial charge on any atom is 0.278 e. The second-order valence-electron chi connectivity index (χ2n) is 8.90. The molecule has 2 aromatic rings. The number of carbonyl (C=O) groups excluding carboxylic acids is 2. The molecule has 2 aliphatic rings. The quantitative estimate of drug-likeness (QED) is 0.651. The number of aryl methyl sites for hydroxylation is 2. The lowest BCUT2D eigenvalue weighted by molar-refractivity contribution is -0.136. The Morgan fingerprint density at radius 2 is 1.55 bits per heavy atom. The van der Waals surface area contributed by atoms with Gasteiger partial charge in [0.1, 0.15) is 5.70 Å². The second-order valence-corrected chi connectivity index (χ2v) is 8.90. The standard InChI is InChI=1S/C27H34N4O2/c1-5-13-31-26(32)24(21-8-7-19(3)20(4)18-21)25(27(31)33)28-22-9-11-23(12-10-22)30-16-14-29(6-2)15-17-30/h7-12,18,28H,5-6,13-17H2,1-4H3. The molecule has 174 valence electrons. The van der Waals surface area contributed by atoms with Crippen LogP contribution in [-0.4, -0.2) is 60.9 Å². The van der Waals surface area contributed by atoms with Gasteiger partial charge in [-0.3, -0.25) is 14.5 Å². The summed E-state index contributed by atoms with van der Waals surface area (Å²) in [6.45, 7) is 13.9. The summed E-state index contributed by atoms with van der Waals surface area (Å²) in [6, 6.07) is 14.1. The van der Waals surface area contributed by atoms with Crippen LogP contribution in [0.25, 0.3) is 5.57 Å². The number of rotatable bonds is 7. The predicted octanol–water partition coefficient (Wildman–Crippen LogP) is 4.05. The fraction of sp³-hybridized carbons (Fsp3) is 0.407. The second kappa shape index (κ2) is 9.79. The normalized spacial score (nSPS) is 17.3. The van der Waals surface area contributed by atoms with Crippen molar-refractivity contribution in [3.63, 3.8) is 0 Å². The molecule has 1 N–H and O–H groups in total. The lowest BCUT2D eigenvalue weighted by Crippen LogP contribution is -2.46. The molecule has 0 bridgehead atoms. The zero-order valence-electron chi connectivity index (χ0n) is 20.1. The average Bonchev–Trinajstić information content (AvgIpc) is 3.06. The highest BCUT2D eigenvalue weighted by molar-refractivity contribution is 6.36. The Morgan fingerprint density at radius 1 is 0.848 bits per heavy atom. The first-order chi connectivity index (χ1) is 15.9. The molecular formula is C27H34N4O2. The van der Waals surface area contributed by atoms with E-state index in [9.17, 15) is 9.59 Å². The molecule has 0 unspecified atom stereocenters. The Bertz CT molecular complexity index is 1070. The number of hydrogen-bond donors (Lipinski definition) is 1. The van der Waals surface area contributed by atoms with Crippen molar-refractivity contribution in [1.82, 2.24) is 9.80 Å². The van der Waals surface area contributed by atoms with Gasteiger partial charge in [0.05, 0.1) is 5.57 Å². The third kappa shape index (κ3) is 4.67. The molecule has 6 heteroatoms. The lowest BCUT2D eigenvalue weighted by Gasteiger charge is -2.35. The molecule has 0 spiro atoms. The zero-order chi connectivity index (χ0) is 23.5. The van der Waals surface area contributed by atoms with Gasteiger partial charge in [-0.25, -0.2) is 0 Å². The molecule has 33 heavy (non-hydrogen) atoms. The van der Waals surface area contributed by atoms with E-state index >= 15 is 0 Å². The fourth-order valence-corrected chi connectivity index (χ4v) is 4.51. The first-order valence-corrected chi connectivity index (χ1v) is 12.0. The molecule has 0 atom stereocenters. The van der Waals surface area contributed by atoms with Gasteiger partial charge >= 0.3 is 0 Å². The first-order valence-electron chi connectivity index (χ1n) is 12.0. The van der Waals surface area contributed by atoms with Crippen molar-refractivity contribution >= 4 is 28.8 Å². The third-order valence-electron chi connectivity index (χ3n) is 6.73. The van der Waals surface area contributed by atoms with Crippen molar-refractivity contribution in [3.05, 3.63) is 64.9 Å². The molecule has 0 saturated carbocycles. The van der Waals surface area contributed by atoms with Crippen LogP contribution in [0, 0.1) is 13.8 Å². The molecule has 2 aliphatic heterocycles. The van der Waals surface area contributed by atoms with Gasteiger partial charge in [-0.1, -0.05) is 32.0 Å². The minimum atomic E-state index is -0.255. The Kier molecular flexibility index (Phi) is 6.84. The molecule has 6 nitrogen and oxygen atoms in total. The van der Waals surface area contributed by atoms with Crippen LogP contribution >= 0.6 is 0 Å². The number of anilines is 2. The van der Waals surface area contributed by atoms with E-state index < -0.39 is 0 Å². The highest BCUT2D eigenvalue weighted by Crippen LogP contribution is 2.32. The van der Waals surface area contributed by atoms with Crippen LogP contribution in [0.4, 0.5) is 11.4 Å². The molecular weight excluding hydrogens is 412 g/mol. The van der Waals surface area contributed by atoms with Crippen LogP contribution in [0.1, 0.15) is 37.0 Å². The van der Waals surface area contributed by atoms with E-state index in [2.05, 4.69) is 34.2 Å². The molecule has 0 aromatic heterocycles. The minimum absolute atomic E-state index is 0.224. The van der Waals surface area contributed by atoms with Crippen molar-refractivity contribution in [3.8, 4) is 0 Å². The SMILES string of the molecule is CCCN1C(=O)C(Nc2ccc(N3CCN(CC)CC3)cc2)=C(c2ccc(C)c(C)c2)C1=O. The number of nitrogens with one attached hydrogen (secondary N) is 1. The van der Waals surface area contributed by atoms with Crippen molar-refractivity contribution in [2.75, 3.05) is 49.5 Å². The molecule has 1 fully saturated rings. The Morgan fingerprint density at radius 3 is 2.15 bits per heavy atom. The van der Waals surface area contributed by atoms with Gasteiger partial charge in [0.25, 0.3) is 11.8 Å². The molecule has 4 rings (SSSR count). The Labute approximate surface area is 196 Å². The maximum absolute atomic E-state index is 13.2. The van der Waals surface area contributed by atoms with Crippen molar-refractivity contribution < 1.29 is 9.59 Å². The van der Waals surface area contributed by atoms with Gasteiger partial charge in [0, 0.05) is 44.1 Å². The summed E-state index contributed by atoms with van der Waals surface area (Å²) in [5, 5.41) is 3.28. The Balaban J connectivity index is 1.60. The zero-order valence-corrected chi connectivity index (χ0v) is 20.1. The number of benzene rings is 2. The minimum Gasteiger partial charge on any atom is -0.369 e. The van der Waals surface area contributed by atoms with E-state index in [4.69, 9.17) is 0 Å². The monoisotopic (exact) mass is 446 g/mol. The highest BCUT2D eigenvalue weighted by atomic mass is 16.2. The van der Waals surface area contributed by atoms with Crippen LogP contribution in [0.3, 0.4) is 0 Å². The molecule has 2 amide bonds. The molecule has 2 heterocycles. The largest absolute Gasteiger partial charge is 0.369 e. The summed E-state index contributed by atoms with van der Waals surface area (Å²) in [5.41, 5.74) is 5.84. The number of imide groups is 1. The van der Waals surface area contributed by atoms with E-state index in [1.807, 2.05) is 51.1 Å². The third-order valence-corrected chi connectivity index (χ3v) is 6.73. The van der Waals surface area contributed by atoms with Crippen molar-refractivity contribution in [2.45, 2.75) is 34.1 Å². The summed E-state index contributed by atoms with van der Waals surface area (Å²) in [4.78, 5) is 32.6. The van der Waals surface area contributed by atoms with Crippen LogP contribution in [0.5, 0.6) is 0 Å². The van der Waals surface area contributed by atoms with Crippen molar-refractivity contribution in [2.24, 2.45) is 0 Å². The number of amides is 2. The first kappa shape index (κ1) is 23.1. The number of likely N-dealkylation sites (N-methyl/N-ethyl adjacent to an activating group) is 1. The van der Waals surface area contributed by atoms with E-state index in [1.54, 1.807) is 0 Å². The Hall–Kier alpha value is -3.12. The lowest BCUT2D eigenvalue weighted by atomic mass is 9.99. The molecule has 2 aromatic carbocycles. The smallest absolute Gasteiger partial charge is 0.278 e. The van der Waals surface area contributed by atoms with Gasteiger partial charge in [0.15, 0.2) is 0 Å². The van der Waals surface area contributed by atoms with E-state index in [0.717, 1.165) is 61.5 Å². The summed E-state index contributed by atoms with van der Waals surface area (Å²) in [5.74, 6) is -0.479. The predicted molar refractivity (Wildman–Crippen MR) is 134 cm³/mol. The van der Waals surface area contributed by atoms with E-state index in [0.29, 0.717) is 17.8 Å². The fourth-order valence-electron chi connectivity index (χ4n) is 4.51. The molecule has 0 radical (unpaired) electrons. The van der Waals surface area contributed by atoms with Gasteiger partial charge in [-0.2, -0.15) is 0 Å². The van der Waals surface area contributed by atoms with Crippen LogP contribution in [0.15, 0.2) is 48.2 Å².